The molecular formula is C22H24N8O2. The van der Waals surface area contributed by atoms with E-state index in [9.17, 15) is 10.2 Å². The van der Waals surface area contributed by atoms with Crippen LogP contribution in [-0.2, 0) is 0 Å². The first kappa shape index (κ1) is 21.0. The molecule has 0 saturated carbocycles. The number of nitrogens with zero attached hydrogens (tertiary/aromatic N) is 6. The number of hydrazone groups is 2. The Labute approximate surface area is 185 Å². The van der Waals surface area contributed by atoms with Gasteiger partial charge in [0.05, 0.1) is 12.4 Å². The van der Waals surface area contributed by atoms with Gasteiger partial charge in [-0.1, -0.05) is 24.3 Å². The molecule has 32 heavy (non-hydrogen) atoms. The van der Waals surface area contributed by atoms with Crippen LogP contribution in [0, 0.1) is 0 Å². The molecule has 0 atom stereocenters. The molecule has 1 aromatic heterocycles. The number of rotatable bonds is 7. The highest BCUT2D eigenvalue weighted by Gasteiger charge is 2.16. The average Bonchev–Trinajstić information content (AvgIpc) is 2.82. The van der Waals surface area contributed by atoms with Gasteiger partial charge in [-0.05, 0) is 43.5 Å². The molecule has 1 fully saturated rings. The standard InChI is InChI=1S/C22H24N8O2/c31-18-10-4-2-8-16(18)14-23-28-20-25-21(27-22(26-20)30-12-6-1-7-13-30)29-24-15-17-9-3-5-11-19(17)32/h2-5,8-11,14-15,31-32H,1,6-7,12-13H2,(H2,25,26,27,28,29)/b23-14+,24-15+. The first-order valence-corrected chi connectivity index (χ1v) is 10.3. The fraction of sp³-hybridized carbons (Fsp3) is 0.227. The van der Waals surface area contributed by atoms with Crippen molar-refractivity contribution in [3.05, 3.63) is 59.7 Å². The Morgan fingerprint density at radius 3 is 1.72 bits per heavy atom. The zero-order valence-corrected chi connectivity index (χ0v) is 17.4. The summed E-state index contributed by atoms with van der Waals surface area (Å²) >= 11 is 0. The minimum absolute atomic E-state index is 0.128. The molecule has 3 aromatic rings. The van der Waals surface area contributed by atoms with E-state index in [4.69, 9.17) is 0 Å². The highest BCUT2D eigenvalue weighted by Crippen LogP contribution is 2.19. The summed E-state index contributed by atoms with van der Waals surface area (Å²) in [4.78, 5) is 15.4. The van der Waals surface area contributed by atoms with E-state index in [1.807, 2.05) is 12.1 Å². The Morgan fingerprint density at radius 1 is 0.719 bits per heavy atom. The minimum atomic E-state index is 0.128. The van der Waals surface area contributed by atoms with Gasteiger partial charge in [-0.15, -0.1) is 0 Å². The molecule has 0 radical (unpaired) electrons. The van der Waals surface area contributed by atoms with E-state index in [2.05, 4.69) is 40.9 Å². The van der Waals surface area contributed by atoms with Crippen LogP contribution in [0.1, 0.15) is 30.4 Å². The summed E-state index contributed by atoms with van der Waals surface area (Å²) in [6.45, 7) is 1.73. The SMILES string of the molecule is Oc1ccccc1/C=N/Nc1nc(N/N=C/c2ccccc2O)nc(N2CCCCC2)n1. The Hall–Kier alpha value is -4.21. The minimum Gasteiger partial charge on any atom is -0.507 e. The predicted molar refractivity (Wildman–Crippen MR) is 125 cm³/mol. The quantitative estimate of drug-likeness (QED) is 0.331. The van der Waals surface area contributed by atoms with Crippen molar-refractivity contribution >= 4 is 30.3 Å². The first-order valence-electron chi connectivity index (χ1n) is 10.3. The third kappa shape index (κ3) is 5.48. The Bertz CT molecular complexity index is 1040. The van der Waals surface area contributed by atoms with Crippen LogP contribution >= 0.6 is 0 Å². The van der Waals surface area contributed by atoms with E-state index >= 15 is 0 Å². The van der Waals surface area contributed by atoms with Gasteiger partial charge in [0.25, 0.3) is 0 Å². The number of aromatic nitrogens is 3. The molecule has 0 spiro atoms. The molecule has 0 aliphatic carbocycles. The van der Waals surface area contributed by atoms with Crippen molar-refractivity contribution in [1.82, 2.24) is 15.0 Å². The molecule has 1 aliphatic rings. The first-order chi connectivity index (χ1) is 15.7. The lowest BCUT2D eigenvalue weighted by atomic mass is 10.1. The topological polar surface area (TPSA) is 131 Å². The van der Waals surface area contributed by atoms with Gasteiger partial charge < -0.3 is 15.1 Å². The van der Waals surface area contributed by atoms with Crippen LogP contribution < -0.4 is 15.8 Å². The molecule has 0 bridgehead atoms. The van der Waals surface area contributed by atoms with Gasteiger partial charge in [-0.2, -0.15) is 25.2 Å². The second kappa shape index (κ2) is 10.2. The van der Waals surface area contributed by atoms with E-state index in [1.54, 1.807) is 36.4 Å². The second-order valence-corrected chi connectivity index (χ2v) is 7.19. The predicted octanol–water partition coefficient (Wildman–Crippen LogP) is 3.17. The third-order valence-corrected chi connectivity index (χ3v) is 4.87. The Balaban J connectivity index is 1.53. The summed E-state index contributed by atoms with van der Waals surface area (Å²) in [6, 6.07) is 13.8. The average molecular weight is 432 g/mol. The number of nitrogens with one attached hydrogen (secondary N) is 2. The van der Waals surface area contributed by atoms with Gasteiger partial charge in [0.15, 0.2) is 0 Å². The van der Waals surface area contributed by atoms with Crippen molar-refractivity contribution in [2.24, 2.45) is 10.2 Å². The lowest BCUT2D eigenvalue weighted by Crippen LogP contribution is -2.31. The van der Waals surface area contributed by atoms with Crippen LogP contribution in [0.2, 0.25) is 0 Å². The Kier molecular flexibility index (Phi) is 6.71. The van der Waals surface area contributed by atoms with Crippen molar-refractivity contribution in [2.75, 3.05) is 28.8 Å². The van der Waals surface area contributed by atoms with Crippen molar-refractivity contribution in [3.8, 4) is 11.5 Å². The van der Waals surface area contributed by atoms with Crippen molar-refractivity contribution in [2.45, 2.75) is 19.3 Å². The van der Waals surface area contributed by atoms with Crippen LogP contribution in [0.25, 0.3) is 0 Å². The highest BCUT2D eigenvalue weighted by atomic mass is 16.3. The monoisotopic (exact) mass is 432 g/mol. The molecule has 1 aliphatic heterocycles. The van der Waals surface area contributed by atoms with Gasteiger partial charge in [0.2, 0.25) is 17.8 Å². The number of hydrogen-bond donors (Lipinski definition) is 4. The van der Waals surface area contributed by atoms with E-state index in [0.29, 0.717) is 17.1 Å². The number of aromatic hydroxyl groups is 2. The lowest BCUT2D eigenvalue weighted by Gasteiger charge is -2.26. The van der Waals surface area contributed by atoms with E-state index in [1.165, 1.54) is 18.9 Å². The van der Waals surface area contributed by atoms with Crippen LogP contribution in [0.15, 0.2) is 58.7 Å². The number of anilines is 3. The molecule has 10 nitrogen and oxygen atoms in total. The number of hydrogen-bond acceptors (Lipinski definition) is 10. The van der Waals surface area contributed by atoms with Crippen molar-refractivity contribution in [1.29, 1.82) is 0 Å². The number of piperidine rings is 1. The zero-order chi connectivity index (χ0) is 22.2. The maximum absolute atomic E-state index is 9.87. The van der Waals surface area contributed by atoms with Gasteiger partial charge in [-0.25, -0.2) is 10.9 Å². The maximum atomic E-state index is 9.87. The summed E-state index contributed by atoms with van der Waals surface area (Å²) in [7, 11) is 0. The molecule has 4 rings (SSSR count). The molecular weight excluding hydrogens is 408 g/mol. The number of para-hydroxylation sites is 2. The van der Waals surface area contributed by atoms with Crippen LogP contribution in [0.4, 0.5) is 17.8 Å². The van der Waals surface area contributed by atoms with Crippen LogP contribution in [0.3, 0.4) is 0 Å². The number of phenolic OH excluding ortho intramolecular Hbond substituents is 2. The molecule has 164 valence electrons. The summed E-state index contributed by atoms with van der Waals surface area (Å²) in [5.41, 5.74) is 6.72. The normalized spacial score (nSPS) is 14.2. The van der Waals surface area contributed by atoms with E-state index < -0.39 is 0 Å². The molecule has 2 heterocycles. The van der Waals surface area contributed by atoms with Crippen LogP contribution in [0.5, 0.6) is 11.5 Å². The molecule has 0 amide bonds. The van der Waals surface area contributed by atoms with Crippen LogP contribution in [-0.4, -0.2) is 50.7 Å². The fourth-order valence-electron chi connectivity index (χ4n) is 3.21. The second-order valence-electron chi connectivity index (χ2n) is 7.19. The van der Waals surface area contributed by atoms with Gasteiger partial charge in [0.1, 0.15) is 11.5 Å². The van der Waals surface area contributed by atoms with Gasteiger partial charge >= 0.3 is 0 Å². The molecule has 2 aromatic carbocycles. The van der Waals surface area contributed by atoms with Gasteiger partial charge in [0, 0.05) is 24.2 Å². The van der Waals surface area contributed by atoms with Crippen molar-refractivity contribution in [3.63, 3.8) is 0 Å². The lowest BCUT2D eigenvalue weighted by molar-refractivity contribution is 0.474. The van der Waals surface area contributed by atoms with Gasteiger partial charge in [-0.3, -0.25) is 0 Å². The summed E-state index contributed by atoms with van der Waals surface area (Å²) < 4.78 is 0. The third-order valence-electron chi connectivity index (χ3n) is 4.87. The number of phenols is 2. The van der Waals surface area contributed by atoms with Crippen molar-refractivity contribution < 1.29 is 10.2 Å². The largest absolute Gasteiger partial charge is 0.507 e. The summed E-state index contributed by atoms with van der Waals surface area (Å²) in [6.07, 6.45) is 6.32. The van der Waals surface area contributed by atoms with E-state index in [-0.39, 0.29) is 23.4 Å². The fourth-order valence-corrected chi connectivity index (χ4v) is 3.21. The highest BCUT2D eigenvalue weighted by molar-refractivity contribution is 5.84. The smallest absolute Gasteiger partial charge is 0.250 e. The maximum Gasteiger partial charge on any atom is 0.250 e. The zero-order valence-electron chi connectivity index (χ0n) is 17.4. The molecule has 0 unspecified atom stereocenters. The van der Waals surface area contributed by atoms with E-state index in [0.717, 1.165) is 25.9 Å². The Morgan fingerprint density at radius 2 is 1.22 bits per heavy atom. The molecule has 1 saturated heterocycles. The molecule has 4 N–H and O–H groups in total. The molecule has 10 heteroatoms. The summed E-state index contributed by atoms with van der Waals surface area (Å²) in [5, 5.41) is 28.0. The summed E-state index contributed by atoms with van der Waals surface area (Å²) in [5.74, 6) is 1.27. The number of benzene rings is 2.